The van der Waals surface area contributed by atoms with Gasteiger partial charge in [-0.3, -0.25) is 4.79 Å². The lowest BCUT2D eigenvalue weighted by atomic mass is 9.97. The molecule has 2 rings (SSSR count). The Kier molecular flexibility index (Phi) is 3.65. The van der Waals surface area contributed by atoms with Gasteiger partial charge in [0.15, 0.2) is 0 Å². The molecule has 1 aliphatic rings. The molecule has 1 saturated carbocycles. The molecule has 1 amide bonds. The number of aromatic nitrogens is 1. The average molecular weight is 313 g/mol. The van der Waals surface area contributed by atoms with Crippen molar-refractivity contribution in [3.05, 3.63) is 28.5 Å². The summed E-state index contributed by atoms with van der Waals surface area (Å²) in [5, 5.41) is 11.9. The minimum absolute atomic E-state index is 0.228. The van der Waals surface area contributed by atoms with E-state index in [4.69, 9.17) is 0 Å². The number of carbonyl (C=O) groups is 2. The molecule has 1 heterocycles. The number of hydrogen-bond donors (Lipinski definition) is 2. The van der Waals surface area contributed by atoms with Crippen LogP contribution in [0.3, 0.4) is 0 Å². The molecule has 1 aliphatic carbocycles. The monoisotopic (exact) mass is 312 g/mol. The quantitative estimate of drug-likeness (QED) is 0.894. The molecule has 5 nitrogen and oxygen atoms in total. The molecule has 1 aromatic heterocycles. The third-order valence-electron chi connectivity index (χ3n) is 3.18. The fourth-order valence-electron chi connectivity index (χ4n) is 2.16. The SMILES string of the molecule is O=C(NC1(C(=O)O)CCCC1)c1ccc(Br)cn1. The Labute approximate surface area is 113 Å². The molecule has 0 spiro atoms. The Hall–Kier alpha value is -1.43. The molecule has 0 saturated heterocycles. The van der Waals surface area contributed by atoms with Crippen molar-refractivity contribution >= 4 is 27.8 Å². The highest BCUT2D eigenvalue weighted by Gasteiger charge is 2.42. The molecule has 0 aromatic carbocycles. The van der Waals surface area contributed by atoms with E-state index in [1.807, 2.05) is 0 Å². The molecule has 1 aromatic rings. The van der Waals surface area contributed by atoms with Gasteiger partial charge in [0.25, 0.3) is 5.91 Å². The zero-order valence-electron chi connectivity index (χ0n) is 9.65. The van der Waals surface area contributed by atoms with Gasteiger partial charge in [-0.05, 0) is 40.9 Å². The normalized spacial score (nSPS) is 17.4. The number of carboxylic acids is 1. The third-order valence-corrected chi connectivity index (χ3v) is 3.65. The van der Waals surface area contributed by atoms with Crippen molar-refractivity contribution in [3.63, 3.8) is 0 Å². The molecule has 0 radical (unpaired) electrons. The van der Waals surface area contributed by atoms with Crippen LogP contribution in [0.4, 0.5) is 0 Å². The highest BCUT2D eigenvalue weighted by Crippen LogP contribution is 2.30. The first-order valence-electron chi connectivity index (χ1n) is 5.71. The maximum absolute atomic E-state index is 12.0. The second-order valence-electron chi connectivity index (χ2n) is 4.41. The Bertz CT molecular complexity index is 467. The minimum atomic E-state index is -1.12. The van der Waals surface area contributed by atoms with Crippen LogP contribution in [0.1, 0.15) is 36.2 Å². The number of nitrogens with zero attached hydrogens (tertiary/aromatic N) is 1. The lowest BCUT2D eigenvalue weighted by molar-refractivity contribution is -0.144. The number of halogens is 1. The Morgan fingerprint density at radius 2 is 2.00 bits per heavy atom. The van der Waals surface area contributed by atoms with Crippen LogP contribution in [0.2, 0.25) is 0 Å². The molecular formula is C12H13BrN2O3. The van der Waals surface area contributed by atoms with Gasteiger partial charge in [0.05, 0.1) is 0 Å². The summed E-state index contributed by atoms with van der Waals surface area (Å²) >= 11 is 3.23. The lowest BCUT2D eigenvalue weighted by Crippen LogP contribution is -2.52. The predicted octanol–water partition coefficient (Wildman–Crippen LogP) is 1.97. The fourth-order valence-corrected chi connectivity index (χ4v) is 2.40. The number of carbonyl (C=O) groups excluding carboxylic acids is 1. The average Bonchev–Trinajstić information content (AvgIpc) is 2.79. The number of amides is 1. The largest absolute Gasteiger partial charge is 0.480 e. The molecule has 1 fully saturated rings. The molecule has 0 bridgehead atoms. The van der Waals surface area contributed by atoms with E-state index in [9.17, 15) is 14.7 Å². The number of nitrogens with one attached hydrogen (secondary N) is 1. The standard InChI is InChI=1S/C12H13BrN2O3/c13-8-3-4-9(14-7-8)10(16)15-12(11(17)18)5-1-2-6-12/h3-4,7H,1-2,5-6H2,(H,15,16)(H,17,18). The maximum atomic E-state index is 12.0. The highest BCUT2D eigenvalue weighted by atomic mass is 79.9. The van der Waals surface area contributed by atoms with E-state index < -0.39 is 17.4 Å². The second-order valence-corrected chi connectivity index (χ2v) is 5.33. The maximum Gasteiger partial charge on any atom is 0.329 e. The van der Waals surface area contributed by atoms with E-state index >= 15 is 0 Å². The molecular weight excluding hydrogens is 300 g/mol. The van der Waals surface area contributed by atoms with Crippen molar-refractivity contribution in [2.75, 3.05) is 0 Å². The minimum Gasteiger partial charge on any atom is -0.480 e. The van der Waals surface area contributed by atoms with Gasteiger partial charge in [0.1, 0.15) is 11.2 Å². The Morgan fingerprint density at radius 1 is 1.33 bits per heavy atom. The highest BCUT2D eigenvalue weighted by molar-refractivity contribution is 9.10. The predicted molar refractivity (Wildman–Crippen MR) is 68.2 cm³/mol. The summed E-state index contributed by atoms with van der Waals surface area (Å²) in [4.78, 5) is 27.2. The van der Waals surface area contributed by atoms with Crippen LogP contribution in [-0.2, 0) is 4.79 Å². The van der Waals surface area contributed by atoms with Gasteiger partial charge < -0.3 is 10.4 Å². The van der Waals surface area contributed by atoms with E-state index in [-0.39, 0.29) is 5.69 Å². The lowest BCUT2D eigenvalue weighted by Gasteiger charge is -2.24. The summed E-state index contributed by atoms with van der Waals surface area (Å²) < 4.78 is 0.771. The summed E-state index contributed by atoms with van der Waals surface area (Å²) in [6, 6.07) is 3.26. The molecule has 0 atom stereocenters. The summed E-state index contributed by atoms with van der Waals surface area (Å²) in [5.74, 6) is -1.41. The van der Waals surface area contributed by atoms with E-state index in [1.165, 1.54) is 6.20 Å². The third kappa shape index (κ3) is 2.53. The molecule has 0 unspecified atom stereocenters. The van der Waals surface area contributed by atoms with Gasteiger partial charge in [0.2, 0.25) is 0 Å². The number of hydrogen-bond acceptors (Lipinski definition) is 3. The summed E-state index contributed by atoms with van der Waals surface area (Å²) in [5.41, 5.74) is -0.892. The first-order valence-corrected chi connectivity index (χ1v) is 6.50. The van der Waals surface area contributed by atoms with Crippen molar-refractivity contribution in [3.8, 4) is 0 Å². The van der Waals surface area contributed by atoms with Crippen LogP contribution >= 0.6 is 15.9 Å². The van der Waals surface area contributed by atoms with Gasteiger partial charge >= 0.3 is 5.97 Å². The molecule has 2 N–H and O–H groups in total. The van der Waals surface area contributed by atoms with Crippen molar-refractivity contribution < 1.29 is 14.7 Å². The van der Waals surface area contributed by atoms with Gasteiger partial charge in [-0.2, -0.15) is 0 Å². The van der Waals surface area contributed by atoms with E-state index in [2.05, 4.69) is 26.2 Å². The number of pyridine rings is 1. The smallest absolute Gasteiger partial charge is 0.329 e. The molecule has 96 valence electrons. The van der Waals surface area contributed by atoms with E-state index in [1.54, 1.807) is 12.1 Å². The van der Waals surface area contributed by atoms with Crippen molar-refractivity contribution in [1.29, 1.82) is 0 Å². The zero-order valence-corrected chi connectivity index (χ0v) is 11.2. The van der Waals surface area contributed by atoms with Crippen LogP contribution in [0.5, 0.6) is 0 Å². The Balaban J connectivity index is 2.15. The van der Waals surface area contributed by atoms with Crippen molar-refractivity contribution in [2.24, 2.45) is 0 Å². The van der Waals surface area contributed by atoms with Gasteiger partial charge in [-0.25, -0.2) is 9.78 Å². The number of rotatable bonds is 3. The van der Waals surface area contributed by atoms with Crippen LogP contribution < -0.4 is 5.32 Å². The van der Waals surface area contributed by atoms with Gasteiger partial charge in [0, 0.05) is 10.7 Å². The summed E-state index contributed by atoms with van der Waals surface area (Å²) in [6.07, 6.45) is 4.10. The second kappa shape index (κ2) is 5.06. The fraction of sp³-hybridized carbons (Fsp3) is 0.417. The van der Waals surface area contributed by atoms with Crippen LogP contribution in [0.15, 0.2) is 22.8 Å². The molecule has 0 aliphatic heterocycles. The van der Waals surface area contributed by atoms with Gasteiger partial charge in [-0.15, -0.1) is 0 Å². The molecule has 6 heteroatoms. The van der Waals surface area contributed by atoms with Crippen molar-refractivity contribution in [1.82, 2.24) is 10.3 Å². The van der Waals surface area contributed by atoms with Crippen LogP contribution in [-0.4, -0.2) is 27.5 Å². The van der Waals surface area contributed by atoms with E-state index in [0.717, 1.165) is 17.3 Å². The summed E-state index contributed by atoms with van der Waals surface area (Å²) in [7, 11) is 0. The molecule has 18 heavy (non-hydrogen) atoms. The first-order chi connectivity index (χ1) is 8.53. The van der Waals surface area contributed by atoms with Crippen molar-refractivity contribution in [2.45, 2.75) is 31.2 Å². The summed E-state index contributed by atoms with van der Waals surface area (Å²) in [6.45, 7) is 0. The Morgan fingerprint density at radius 3 is 2.50 bits per heavy atom. The van der Waals surface area contributed by atoms with E-state index in [0.29, 0.717) is 12.8 Å². The first kappa shape index (κ1) is 13.0. The van der Waals surface area contributed by atoms with Crippen LogP contribution in [0.25, 0.3) is 0 Å². The van der Waals surface area contributed by atoms with Gasteiger partial charge in [-0.1, -0.05) is 12.8 Å². The number of aliphatic carboxylic acids is 1. The number of carboxylic acid groups (broad SMARTS) is 1. The zero-order chi connectivity index (χ0) is 13.2. The van der Waals surface area contributed by atoms with Crippen LogP contribution in [0, 0.1) is 0 Å². The topological polar surface area (TPSA) is 79.3 Å².